The SMILES string of the molecule is CCOC(=O)C(C)OC1CCNCC1. The molecule has 1 saturated heterocycles. The van der Waals surface area contributed by atoms with Gasteiger partial charge in [-0.3, -0.25) is 0 Å². The van der Waals surface area contributed by atoms with Crippen molar-refractivity contribution in [1.82, 2.24) is 5.32 Å². The lowest BCUT2D eigenvalue weighted by Crippen LogP contribution is -2.36. The largest absolute Gasteiger partial charge is 0.464 e. The Morgan fingerprint density at radius 2 is 2.14 bits per heavy atom. The van der Waals surface area contributed by atoms with Crippen molar-refractivity contribution in [3.8, 4) is 0 Å². The van der Waals surface area contributed by atoms with E-state index >= 15 is 0 Å². The summed E-state index contributed by atoms with van der Waals surface area (Å²) in [5, 5.41) is 3.25. The van der Waals surface area contributed by atoms with Crippen LogP contribution in [0.15, 0.2) is 0 Å². The van der Waals surface area contributed by atoms with Gasteiger partial charge in [0.1, 0.15) is 0 Å². The topological polar surface area (TPSA) is 47.6 Å². The smallest absolute Gasteiger partial charge is 0.334 e. The quantitative estimate of drug-likeness (QED) is 0.680. The minimum Gasteiger partial charge on any atom is -0.464 e. The minimum absolute atomic E-state index is 0.204. The summed E-state index contributed by atoms with van der Waals surface area (Å²) in [6, 6.07) is 0. The lowest BCUT2D eigenvalue weighted by molar-refractivity contribution is -0.159. The Morgan fingerprint density at radius 1 is 1.50 bits per heavy atom. The summed E-state index contributed by atoms with van der Waals surface area (Å²) in [5.74, 6) is -0.258. The van der Waals surface area contributed by atoms with Crippen molar-refractivity contribution in [3.05, 3.63) is 0 Å². The van der Waals surface area contributed by atoms with E-state index in [4.69, 9.17) is 9.47 Å². The van der Waals surface area contributed by atoms with Crippen LogP contribution in [-0.2, 0) is 14.3 Å². The van der Waals surface area contributed by atoms with Gasteiger partial charge in [-0.25, -0.2) is 4.79 Å². The molecule has 4 heteroatoms. The Balaban J connectivity index is 2.24. The maximum absolute atomic E-state index is 11.3. The molecule has 82 valence electrons. The van der Waals surface area contributed by atoms with Crippen LogP contribution in [0.1, 0.15) is 26.7 Å². The second-order valence-corrected chi connectivity index (χ2v) is 3.48. The van der Waals surface area contributed by atoms with E-state index in [1.54, 1.807) is 13.8 Å². The van der Waals surface area contributed by atoms with Gasteiger partial charge in [0.15, 0.2) is 6.10 Å². The summed E-state index contributed by atoms with van der Waals surface area (Å²) >= 11 is 0. The summed E-state index contributed by atoms with van der Waals surface area (Å²) in [6.45, 7) is 5.91. The molecule has 1 aliphatic rings. The highest BCUT2D eigenvalue weighted by Crippen LogP contribution is 2.10. The summed E-state index contributed by atoms with van der Waals surface area (Å²) in [7, 11) is 0. The molecule has 1 aliphatic heterocycles. The summed E-state index contributed by atoms with van der Waals surface area (Å²) in [4.78, 5) is 11.3. The predicted octanol–water partition coefficient (Wildman–Crippen LogP) is 0.707. The van der Waals surface area contributed by atoms with Crippen LogP contribution in [0.5, 0.6) is 0 Å². The highest BCUT2D eigenvalue weighted by atomic mass is 16.6. The molecule has 1 atom stereocenters. The molecule has 1 unspecified atom stereocenters. The maximum atomic E-state index is 11.3. The predicted molar refractivity (Wildman–Crippen MR) is 53.1 cm³/mol. The van der Waals surface area contributed by atoms with Crippen LogP contribution in [0.25, 0.3) is 0 Å². The Hall–Kier alpha value is -0.610. The number of esters is 1. The third-order valence-electron chi connectivity index (χ3n) is 2.30. The third kappa shape index (κ3) is 3.64. The van der Waals surface area contributed by atoms with Crippen molar-refractivity contribution in [2.24, 2.45) is 0 Å². The number of carbonyl (C=O) groups excluding carboxylic acids is 1. The third-order valence-corrected chi connectivity index (χ3v) is 2.30. The van der Waals surface area contributed by atoms with Gasteiger partial charge in [0.05, 0.1) is 12.7 Å². The highest BCUT2D eigenvalue weighted by molar-refractivity contribution is 5.74. The monoisotopic (exact) mass is 201 g/mol. The van der Waals surface area contributed by atoms with Crippen molar-refractivity contribution < 1.29 is 14.3 Å². The standard InChI is InChI=1S/C10H19NO3/c1-3-13-10(12)8(2)14-9-4-6-11-7-5-9/h8-9,11H,3-7H2,1-2H3. The molecule has 4 nitrogen and oxygen atoms in total. The van der Waals surface area contributed by atoms with Crippen LogP contribution in [-0.4, -0.2) is 37.9 Å². The average molecular weight is 201 g/mol. The van der Waals surface area contributed by atoms with Crippen LogP contribution in [0, 0.1) is 0 Å². The molecule has 0 saturated carbocycles. The number of hydrogen-bond donors (Lipinski definition) is 1. The average Bonchev–Trinajstić information content (AvgIpc) is 2.19. The summed E-state index contributed by atoms with van der Waals surface area (Å²) in [6.07, 6.45) is 1.72. The molecule has 0 spiro atoms. The number of hydrogen-bond acceptors (Lipinski definition) is 4. The van der Waals surface area contributed by atoms with Gasteiger partial charge in [0.25, 0.3) is 0 Å². The lowest BCUT2D eigenvalue weighted by Gasteiger charge is -2.25. The van der Waals surface area contributed by atoms with Crippen LogP contribution in [0.2, 0.25) is 0 Å². The van der Waals surface area contributed by atoms with E-state index in [1.807, 2.05) is 0 Å². The van der Waals surface area contributed by atoms with E-state index in [9.17, 15) is 4.79 Å². The zero-order valence-corrected chi connectivity index (χ0v) is 8.91. The first-order chi connectivity index (χ1) is 6.74. The van der Waals surface area contributed by atoms with Crippen molar-refractivity contribution in [1.29, 1.82) is 0 Å². The fourth-order valence-corrected chi connectivity index (χ4v) is 1.54. The van der Waals surface area contributed by atoms with Crippen molar-refractivity contribution in [2.75, 3.05) is 19.7 Å². The first kappa shape index (κ1) is 11.5. The molecule has 0 aromatic rings. The van der Waals surface area contributed by atoms with E-state index in [0.717, 1.165) is 25.9 Å². The van der Waals surface area contributed by atoms with Crippen LogP contribution in [0.4, 0.5) is 0 Å². The van der Waals surface area contributed by atoms with Gasteiger partial charge in [-0.15, -0.1) is 0 Å². The first-order valence-electron chi connectivity index (χ1n) is 5.27. The number of rotatable bonds is 4. The van der Waals surface area contributed by atoms with Gasteiger partial charge in [-0.05, 0) is 39.8 Å². The van der Waals surface area contributed by atoms with E-state index in [-0.39, 0.29) is 12.1 Å². The second kappa shape index (κ2) is 5.98. The number of nitrogens with one attached hydrogen (secondary N) is 1. The Bertz CT molecular complexity index is 178. The molecule has 1 heterocycles. The normalized spacial score (nSPS) is 20.4. The molecule has 1 rings (SSSR count). The van der Waals surface area contributed by atoms with E-state index in [1.165, 1.54) is 0 Å². The Kier molecular flexibility index (Phi) is 4.90. The number of piperidine rings is 1. The Labute approximate surface area is 85.0 Å². The Morgan fingerprint density at radius 3 is 2.71 bits per heavy atom. The van der Waals surface area contributed by atoms with Crippen molar-refractivity contribution in [2.45, 2.75) is 38.9 Å². The molecule has 0 bridgehead atoms. The van der Waals surface area contributed by atoms with Crippen LogP contribution in [0.3, 0.4) is 0 Å². The van der Waals surface area contributed by atoms with Crippen molar-refractivity contribution >= 4 is 5.97 Å². The summed E-state index contributed by atoms with van der Waals surface area (Å²) < 4.78 is 10.5. The van der Waals surface area contributed by atoms with Gasteiger partial charge in [0.2, 0.25) is 0 Å². The first-order valence-corrected chi connectivity index (χ1v) is 5.27. The van der Waals surface area contributed by atoms with Gasteiger partial charge < -0.3 is 14.8 Å². The second-order valence-electron chi connectivity index (χ2n) is 3.48. The molecule has 1 N–H and O–H groups in total. The highest BCUT2D eigenvalue weighted by Gasteiger charge is 2.21. The molecule has 0 aromatic carbocycles. The maximum Gasteiger partial charge on any atom is 0.334 e. The van der Waals surface area contributed by atoms with Crippen LogP contribution < -0.4 is 5.32 Å². The molecule has 0 radical (unpaired) electrons. The molecule has 0 aliphatic carbocycles. The molecular weight excluding hydrogens is 182 g/mol. The van der Waals surface area contributed by atoms with E-state index < -0.39 is 6.10 Å². The molecule has 1 fully saturated rings. The van der Waals surface area contributed by atoms with E-state index in [0.29, 0.717) is 6.61 Å². The fourth-order valence-electron chi connectivity index (χ4n) is 1.54. The van der Waals surface area contributed by atoms with Crippen molar-refractivity contribution in [3.63, 3.8) is 0 Å². The molecule has 0 amide bonds. The van der Waals surface area contributed by atoms with Gasteiger partial charge in [-0.2, -0.15) is 0 Å². The number of carbonyl (C=O) groups is 1. The van der Waals surface area contributed by atoms with Gasteiger partial charge in [-0.1, -0.05) is 0 Å². The van der Waals surface area contributed by atoms with Gasteiger partial charge in [0, 0.05) is 0 Å². The van der Waals surface area contributed by atoms with Gasteiger partial charge >= 0.3 is 5.97 Å². The zero-order valence-electron chi connectivity index (χ0n) is 8.91. The summed E-state index contributed by atoms with van der Waals surface area (Å²) in [5.41, 5.74) is 0. The van der Waals surface area contributed by atoms with Crippen LogP contribution >= 0.6 is 0 Å². The molecule has 14 heavy (non-hydrogen) atoms. The molecule has 0 aromatic heterocycles. The zero-order chi connectivity index (χ0) is 10.4. The lowest BCUT2D eigenvalue weighted by atomic mass is 10.1. The minimum atomic E-state index is -0.432. The molecular formula is C10H19NO3. The fraction of sp³-hybridized carbons (Fsp3) is 0.900. The number of ether oxygens (including phenoxy) is 2. The van der Waals surface area contributed by atoms with E-state index in [2.05, 4.69) is 5.32 Å².